The van der Waals surface area contributed by atoms with Crippen molar-refractivity contribution >= 4 is 34.4 Å². The van der Waals surface area contributed by atoms with E-state index in [1.165, 1.54) is 33.9 Å². The molecule has 1 aliphatic rings. The Morgan fingerprint density at radius 2 is 2.33 bits per heavy atom. The van der Waals surface area contributed by atoms with Crippen molar-refractivity contribution in [3.63, 3.8) is 0 Å². The summed E-state index contributed by atoms with van der Waals surface area (Å²) in [5.74, 6) is 1.36. The molecule has 1 unspecified atom stereocenters. The standard InChI is InChI=1S/C14H17NS3/c1-3-12(16-5-1)8-15-9-13-7-11(10-18-13)14-4-2-6-17-14/h2,4,6-7,10,12,15H,1,3,5,8-9H2. The molecular weight excluding hydrogens is 278 g/mol. The number of thiophene rings is 2. The van der Waals surface area contributed by atoms with Gasteiger partial charge >= 0.3 is 0 Å². The van der Waals surface area contributed by atoms with Gasteiger partial charge < -0.3 is 5.32 Å². The van der Waals surface area contributed by atoms with E-state index in [2.05, 4.69) is 46.0 Å². The number of hydrogen-bond acceptors (Lipinski definition) is 4. The molecule has 0 aromatic carbocycles. The highest BCUT2D eigenvalue weighted by Crippen LogP contribution is 2.29. The van der Waals surface area contributed by atoms with Crippen molar-refractivity contribution in [1.82, 2.24) is 5.32 Å². The van der Waals surface area contributed by atoms with E-state index in [1.807, 2.05) is 22.7 Å². The van der Waals surface area contributed by atoms with E-state index in [4.69, 9.17) is 0 Å². The number of hydrogen-bond donors (Lipinski definition) is 1. The molecule has 1 N–H and O–H groups in total. The quantitative estimate of drug-likeness (QED) is 0.874. The minimum Gasteiger partial charge on any atom is -0.311 e. The van der Waals surface area contributed by atoms with E-state index in [0.717, 1.165) is 18.3 Å². The van der Waals surface area contributed by atoms with Gasteiger partial charge in [-0.2, -0.15) is 11.8 Å². The second kappa shape index (κ2) is 6.24. The van der Waals surface area contributed by atoms with Gasteiger partial charge in [-0.05, 0) is 41.5 Å². The van der Waals surface area contributed by atoms with Crippen molar-refractivity contribution in [1.29, 1.82) is 0 Å². The van der Waals surface area contributed by atoms with Gasteiger partial charge in [-0.1, -0.05) is 6.07 Å². The second-order valence-corrected chi connectivity index (χ2v) is 7.90. The first kappa shape index (κ1) is 12.7. The molecule has 2 aromatic heterocycles. The molecule has 0 radical (unpaired) electrons. The lowest BCUT2D eigenvalue weighted by molar-refractivity contribution is 0.650. The summed E-state index contributed by atoms with van der Waals surface area (Å²) in [5.41, 5.74) is 1.38. The van der Waals surface area contributed by atoms with Crippen LogP contribution in [0.5, 0.6) is 0 Å². The van der Waals surface area contributed by atoms with Gasteiger partial charge in [0.25, 0.3) is 0 Å². The van der Waals surface area contributed by atoms with Crippen molar-refractivity contribution in [3.8, 4) is 10.4 Å². The van der Waals surface area contributed by atoms with Crippen molar-refractivity contribution in [3.05, 3.63) is 33.8 Å². The first-order valence-electron chi connectivity index (χ1n) is 6.35. The van der Waals surface area contributed by atoms with Crippen LogP contribution in [-0.4, -0.2) is 17.5 Å². The Labute approximate surface area is 121 Å². The van der Waals surface area contributed by atoms with Gasteiger partial charge in [0.15, 0.2) is 0 Å². The van der Waals surface area contributed by atoms with Gasteiger partial charge in [0.2, 0.25) is 0 Å². The van der Waals surface area contributed by atoms with E-state index in [9.17, 15) is 0 Å². The van der Waals surface area contributed by atoms with Crippen LogP contribution in [0.1, 0.15) is 17.7 Å². The zero-order valence-electron chi connectivity index (χ0n) is 10.2. The monoisotopic (exact) mass is 295 g/mol. The third-order valence-corrected chi connectivity index (χ3v) is 6.41. The molecule has 4 heteroatoms. The lowest BCUT2D eigenvalue weighted by Gasteiger charge is -2.08. The zero-order valence-corrected chi connectivity index (χ0v) is 12.7. The number of thioether (sulfide) groups is 1. The predicted molar refractivity (Wildman–Crippen MR) is 84.8 cm³/mol. The summed E-state index contributed by atoms with van der Waals surface area (Å²) in [7, 11) is 0. The maximum atomic E-state index is 3.60. The van der Waals surface area contributed by atoms with Crippen LogP contribution in [0.3, 0.4) is 0 Å². The average molecular weight is 295 g/mol. The van der Waals surface area contributed by atoms with E-state index in [1.54, 1.807) is 0 Å². The molecule has 3 rings (SSSR count). The Morgan fingerprint density at radius 3 is 3.11 bits per heavy atom. The number of nitrogens with one attached hydrogen (secondary N) is 1. The molecule has 1 saturated heterocycles. The second-order valence-electron chi connectivity index (χ2n) is 4.54. The van der Waals surface area contributed by atoms with Crippen LogP contribution in [0.25, 0.3) is 10.4 Å². The highest BCUT2D eigenvalue weighted by atomic mass is 32.2. The van der Waals surface area contributed by atoms with Gasteiger partial charge in [-0.3, -0.25) is 0 Å². The zero-order chi connectivity index (χ0) is 12.2. The summed E-state index contributed by atoms with van der Waals surface area (Å²) < 4.78 is 0. The molecule has 0 amide bonds. The summed E-state index contributed by atoms with van der Waals surface area (Å²) >= 11 is 5.81. The fourth-order valence-electron chi connectivity index (χ4n) is 2.21. The van der Waals surface area contributed by atoms with Crippen LogP contribution in [0, 0.1) is 0 Å². The molecule has 1 nitrogen and oxygen atoms in total. The summed E-state index contributed by atoms with van der Waals surface area (Å²) in [6, 6.07) is 6.64. The Balaban J connectivity index is 1.51. The van der Waals surface area contributed by atoms with Gasteiger partial charge in [-0.25, -0.2) is 0 Å². The summed E-state index contributed by atoms with van der Waals surface area (Å²) in [4.78, 5) is 2.82. The third-order valence-electron chi connectivity index (χ3n) is 3.15. The van der Waals surface area contributed by atoms with Crippen LogP contribution in [0.4, 0.5) is 0 Å². The van der Waals surface area contributed by atoms with Gasteiger partial charge in [-0.15, -0.1) is 22.7 Å². The van der Waals surface area contributed by atoms with Gasteiger partial charge in [0.1, 0.15) is 0 Å². The molecule has 1 fully saturated rings. The number of rotatable bonds is 5. The maximum absolute atomic E-state index is 3.60. The first-order chi connectivity index (χ1) is 8.92. The van der Waals surface area contributed by atoms with Crippen molar-refractivity contribution < 1.29 is 0 Å². The molecule has 1 aliphatic heterocycles. The molecule has 18 heavy (non-hydrogen) atoms. The summed E-state index contributed by atoms with van der Waals surface area (Å²) in [6.07, 6.45) is 2.79. The molecule has 96 valence electrons. The molecular formula is C14H17NS3. The lowest BCUT2D eigenvalue weighted by Crippen LogP contribution is -2.22. The van der Waals surface area contributed by atoms with E-state index in [0.29, 0.717) is 0 Å². The Bertz CT molecular complexity index is 469. The van der Waals surface area contributed by atoms with Crippen LogP contribution in [0.15, 0.2) is 29.0 Å². The Kier molecular flexibility index (Phi) is 4.41. The van der Waals surface area contributed by atoms with Crippen LogP contribution < -0.4 is 5.32 Å². The molecule has 3 heterocycles. The topological polar surface area (TPSA) is 12.0 Å². The van der Waals surface area contributed by atoms with E-state index in [-0.39, 0.29) is 0 Å². The van der Waals surface area contributed by atoms with Crippen molar-refractivity contribution in [2.45, 2.75) is 24.6 Å². The van der Waals surface area contributed by atoms with E-state index < -0.39 is 0 Å². The predicted octanol–water partition coefficient (Wildman–Crippen LogP) is 4.46. The van der Waals surface area contributed by atoms with Crippen LogP contribution in [-0.2, 0) is 6.54 Å². The SMILES string of the molecule is c1csc(-c2csc(CNCC3CCCS3)c2)c1. The minimum absolute atomic E-state index is 0.849. The van der Waals surface area contributed by atoms with Gasteiger partial charge in [0, 0.05) is 33.7 Å². The smallest absolute Gasteiger partial charge is 0.0351 e. The van der Waals surface area contributed by atoms with E-state index >= 15 is 0 Å². The summed E-state index contributed by atoms with van der Waals surface area (Å²) in [6.45, 7) is 2.18. The Hall–Kier alpha value is -0.290. The minimum atomic E-state index is 0.849. The highest BCUT2D eigenvalue weighted by molar-refractivity contribution is 8.00. The van der Waals surface area contributed by atoms with Gasteiger partial charge in [0.05, 0.1) is 0 Å². The average Bonchev–Trinajstić information content (AvgIpc) is 3.12. The summed E-state index contributed by atoms with van der Waals surface area (Å²) in [5, 5.41) is 8.86. The van der Waals surface area contributed by atoms with Crippen molar-refractivity contribution in [2.24, 2.45) is 0 Å². The first-order valence-corrected chi connectivity index (χ1v) is 9.16. The largest absolute Gasteiger partial charge is 0.311 e. The lowest BCUT2D eigenvalue weighted by atomic mass is 10.2. The maximum Gasteiger partial charge on any atom is 0.0351 e. The molecule has 0 bridgehead atoms. The normalized spacial score (nSPS) is 19.4. The highest BCUT2D eigenvalue weighted by Gasteiger charge is 2.14. The molecule has 0 spiro atoms. The molecule has 2 aromatic rings. The molecule has 1 atom stereocenters. The molecule has 0 saturated carbocycles. The Morgan fingerprint density at radius 1 is 1.33 bits per heavy atom. The van der Waals surface area contributed by atoms with Crippen molar-refractivity contribution in [2.75, 3.05) is 12.3 Å². The molecule has 0 aliphatic carbocycles. The third kappa shape index (κ3) is 3.18. The fourth-order valence-corrected chi connectivity index (χ4v) is 5.09. The van der Waals surface area contributed by atoms with Crippen LogP contribution in [0.2, 0.25) is 0 Å². The van der Waals surface area contributed by atoms with Crippen LogP contribution >= 0.6 is 34.4 Å². The fraction of sp³-hybridized carbons (Fsp3) is 0.429.